The van der Waals surface area contributed by atoms with Gasteiger partial charge < -0.3 is 14.4 Å². The molecule has 0 radical (unpaired) electrons. The molecule has 0 unspecified atom stereocenters. The number of ether oxygens (including phenoxy) is 2. The van der Waals surface area contributed by atoms with E-state index in [2.05, 4.69) is 4.98 Å². The van der Waals surface area contributed by atoms with Crippen molar-refractivity contribution in [3.63, 3.8) is 0 Å². The van der Waals surface area contributed by atoms with E-state index < -0.39 is 0 Å². The van der Waals surface area contributed by atoms with E-state index in [9.17, 15) is 4.79 Å². The van der Waals surface area contributed by atoms with Gasteiger partial charge in [0, 0.05) is 36.8 Å². The Morgan fingerprint density at radius 1 is 1.35 bits per heavy atom. The van der Waals surface area contributed by atoms with E-state index in [1.807, 2.05) is 53.2 Å². The Bertz CT molecular complexity index is 778. The number of benzene rings is 1. The summed E-state index contributed by atoms with van der Waals surface area (Å²) in [4.78, 5) is 18.7. The maximum absolute atomic E-state index is 12.7. The minimum atomic E-state index is 0.0786. The molecular weight excluding hydrogens is 348 g/mol. The first-order valence-electron chi connectivity index (χ1n) is 8.75. The van der Waals surface area contributed by atoms with Crippen LogP contribution in [0.5, 0.6) is 5.75 Å². The molecular formula is C20H22N2O3S. The van der Waals surface area contributed by atoms with Gasteiger partial charge in [0.15, 0.2) is 0 Å². The fourth-order valence-corrected chi connectivity index (χ4v) is 5.11. The Morgan fingerprint density at radius 2 is 2.23 bits per heavy atom. The third kappa shape index (κ3) is 3.57. The number of rotatable bonds is 5. The van der Waals surface area contributed by atoms with Gasteiger partial charge in [-0.15, -0.1) is 11.8 Å². The Kier molecular flexibility index (Phi) is 4.87. The van der Waals surface area contributed by atoms with Gasteiger partial charge in [-0.05, 0) is 36.2 Å². The van der Waals surface area contributed by atoms with E-state index in [1.54, 1.807) is 19.4 Å². The number of pyridine rings is 1. The zero-order chi connectivity index (χ0) is 18.0. The van der Waals surface area contributed by atoms with E-state index >= 15 is 0 Å². The van der Waals surface area contributed by atoms with Gasteiger partial charge >= 0.3 is 0 Å². The predicted octanol–water partition coefficient (Wildman–Crippen LogP) is 3.01. The van der Waals surface area contributed by atoms with E-state index in [4.69, 9.17) is 9.47 Å². The van der Waals surface area contributed by atoms with Crippen molar-refractivity contribution >= 4 is 17.7 Å². The van der Waals surface area contributed by atoms with Crippen molar-refractivity contribution in [1.82, 2.24) is 9.88 Å². The lowest BCUT2D eigenvalue weighted by Gasteiger charge is -2.47. The van der Waals surface area contributed by atoms with Gasteiger partial charge in [0.05, 0.1) is 24.6 Å². The molecule has 0 aliphatic carbocycles. The molecule has 1 amide bonds. The van der Waals surface area contributed by atoms with E-state index in [0.717, 1.165) is 30.8 Å². The number of carbonyl (C=O) groups excluding carboxylic acids is 1. The minimum absolute atomic E-state index is 0.0786. The molecule has 2 fully saturated rings. The summed E-state index contributed by atoms with van der Waals surface area (Å²) in [6.45, 7) is 2.18. The highest BCUT2D eigenvalue weighted by Gasteiger charge is 2.51. The number of nitrogens with zero attached hydrogens (tertiary/aromatic N) is 2. The van der Waals surface area contributed by atoms with Crippen LogP contribution in [0.25, 0.3) is 0 Å². The lowest BCUT2D eigenvalue weighted by atomic mass is 9.92. The first kappa shape index (κ1) is 17.4. The summed E-state index contributed by atoms with van der Waals surface area (Å²) in [5, 5.41) is 0. The third-order valence-corrected chi connectivity index (χ3v) is 6.52. The summed E-state index contributed by atoms with van der Waals surface area (Å²) in [6, 6.07) is 11.3. The Balaban J connectivity index is 1.29. The summed E-state index contributed by atoms with van der Waals surface area (Å²) in [7, 11) is 1.61. The Morgan fingerprint density at radius 3 is 3.00 bits per heavy atom. The van der Waals surface area contributed by atoms with Crippen LogP contribution in [0.1, 0.15) is 22.3 Å². The van der Waals surface area contributed by atoms with Crippen molar-refractivity contribution in [3.05, 3.63) is 59.9 Å². The van der Waals surface area contributed by atoms with Crippen molar-refractivity contribution in [2.24, 2.45) is 0 Å². The molecule has 1 atom stereocenters. The molecule has 4 rings (SSSR count). The van der Waals surface area contributed by atoms with Gasteiger partial charge in [-0.3, -0.25) is 9.78 Å². The number of hydrogen-bond donors (Lipinski definition) is 0. The lowest BCUT2D eigenvalue weighted by molar-refractivity contribution is 0.0254. The fraction of sp³-hybridized carbons (Fsp3) is 0.400. The highest BCUT2D eigenvalue weighted by atomic mass is 32.2. The topological polar surface area (TPSA) is 51.7 Å². The van der Waals surface area contributed by atoms with Crippen molar-refractivity contribution in [1.29, 1.82) is 0 Å². The molecule has 2 aliphatic heterocycles. The second-order valence-corrected chi connectivity index (χ2v) is 8.37. The molecule has 0 N–H and O–H groups in total. The summed E-state index contributed by atoms with van der Waals surface area (Å²) < 4.78 is 11.4. The quantitative estimate of drug-likeness (QED) is 0.810. The zero-order valence-electron chi connectivity index (χ0n) is 14.8. The van der Waals surface area contributed by atoms with E-state index in [0.29, 0.717) is 17.9 Å². The van der Waals surface area contributed by atoms with Crippen molar-refractivity contribution in [3.8, 4) is 5.75 Å². The summed E-state index contributed by atoms with van der Waals surface area (Å²) >= 11 is 1.94. The number of thioether (sulfide) groups is 1. The number of aromatic nitrogens is 1. The molecule has 1 spiro atoms. The van der Waals surface area contributed by atoms with E-state index in [1.165, 1.54) is 0 Å². The van der Waals surface area contributed by atoms with Crippen LogP contribution >= 0.6 is 11.8 Å². The van der Waals surface area contributed by atoms with Crippen LogP contribution in [-0.4, -0.2) is 52.6 Å². The zero-order valence-corrected chi connectivity index (χ0v) is 15.6. The fourth-order valence-electron chi connectivity index (χ4n) is 3.56. The molecule has 6 heteroatoms. The third-order valence-electron chi connectivity index (χ3n) is 4.95. The van der Waals surface area contributed by atoms with Gasteiger partial charge in [0.2, 0.25) is 0 Å². The normalized spacial score (nSPS) is 20.8. The maximum atomic E-state index is 12.7. The van der Waals surface area contributed by atoms with Crippen LogP contribution in [0.4, 0.5) is 0 Å². The van der Waals surface area contributed by atoms with Gasteiger partial charge in [-0.2, -0.15) is 0 Å². The van der Waals surface area contributed by atoms with Crippen molar-refractivity contribution in [2.75, 3.05) is 26.0 Å². The van der Waals surface area contributed by atoms with Crippen LogP contribution in [0, 0.1) is 0 Å². The molecule has 2 aromatic rings. The van der Waals surface area contributed by atoms with Crippen molar-refractivity contribution in [2.45, 2.75) is 23.9 Å². The number of carbonyl (C=O) groups is 1. The molecule has 0 bridgehead atoms. The van der Waals surface area contributed by atoms with Gasteiger partial charge in [0.1, 0.15) is 5.75 Å². The molecule has 1 aromatic heterocycles. The molecule has 2 aliphatic rings. The highest BCUT2D eigenvalue weighted by molar-refractivity contribution is 8.01. The summed E-state index contributed by atoms with van der Waals surface area (Å²) in [6.07, 6.45) is 4.86. The largest absolute Gasteiger partial charge is 0.497 e. The summed E-state index contributed by atoms with van der Waals surface area (Å²) in [5.41, 5.74) is 1.79. The summed E-state index contributed by atoms with van der Waals surface area (Å²) in [5.74, 6) is 1.78. The van der Waals surface area contributed by atoms with Gasteiger partial charge in [-0.1, -0.05) is 12.1 Å². The molecule has 136 valence electrons. The van der Waals surface area contributed by atoms with Crippen LogP contribution in [0.15, 0.2) is 48.8 Å². The molecule has 26 heavy (non-hydrogen) atoms. The highest BCUT2D eigenvalue weighted by Crippen LogP contribution is 2.46. The first-order valence-corrected chi connectivity index (χ1v) is 9.74. The Hall–Kier alpha value is -2.05. The Labute approximate surface area is 157 Å². The second-order valence-electron chi connectivity index (χ2n) is 6.89. The van der Waals surface area contributed by atoms with E-state index in [-0.39, 0.29) is 16.8 Å². The van der Waals surface area contributed by atoms with Crippen LogP contribution in [0.3, 0.4) is 0 Å². The minimum Gasteiger partial charge on any atom is -0.497 e. The molecule has 2 saturated heterocycles. The average Bonchev–Trinajstić information content (AvgIpc) is 3.10. The van der Waals surface area contributed by atoms with Crippen molar-refractivity contribution < 1.29 is 14.3 Å². The molecule has 1 aromatic carbocycles. The SMILES string of the molecule is COc1cccc(C(=O)N2CC3(C[C@H](OCc4cccnc4)CS3)C2)c1. The second kappa shape index (κ2) is 7.29. The van der Waals surface area contributed by atoms with Gasteiger partial charge in [-0.25, -0.2) is 0 Å². The molecule has 5 nitrogen and oxygen atoms in total. The lowest BCUT2D eigenvalue weighted by Crippen LogP contribution is -2.60. The van der Waals surface area contributed by atoms with Crippen LogP contribution < -0.4 is 4.74 Å². The smallest absolute Gasteiger partial charge is 0.254 e. The number of hydrogen-bond acceptors (Lipinski definition) is 5. The first-order chi connectivity index (χ1) is 12.7. The van der Waals surface area contributed by atoms with Crippen LogP contribution in [0.2, 0.25) is 0 Å². The number of methoxy groups -OCH3 is 1. The molecule has 0 saturated carbocycles. The predicted molar refractivity (Wildman–Crippen MR) is 102 cm³/mol. The standard InChI is InChI=1S/C20H22N2O3S/c1-24-17-6-2-5-16(8-17)19(23)22-13-20(14-22)9-18(12-26-20)25-11-15-4-3-7-21-10-15/h2-8,10,18H,9,11-14H2,1H3/t18-/m0/s1. The molecule has 3 heterocycles. The number of amides is 1. The monoisotopic (exact) mass is 370 g/mol. The average molecular weight is 370 g/mol. The van der Waals surface area contributed by atoms with Gasteiger partial charge in [0.25, 0.3) is 5.91 Å². The number of likely N-dealkylation sites (tertiary alicyclic amines) is 1. The van der Waals surface area contributed by atoms with Crippen LogP contribution in [-0.2, 0) is 11.3 Å². The maximum Gasteiger partial charge on any atom is 0.254 e.